The molecule has 5 heteroatoms. The maximum absolute atomic E-state index is 12.8. The van der Waals surface area contributed by atoms with E-state index in [1.807, 2.05) is 0 Å². The Labute approximate surface area is 94.5 Å². The predicted octanol–water partition coefficient (Wildman–Crippen LogP) is 0.708. The van der Waals surface area contributed by atoms with E-state index in [9.17, 15) is 4.39 Å². The topological polar surface area (TPSA) is 54.4 Å². The summed E-state index contributed by atoms with van der Waals surface area (Å²) in [6.07, 6.45) is 3.39. The van der Waals surface area contributed by atoms with Gasteiger partial charge < -0.3 is 15.2 Å². The molecule has 4 nitrogen and oxygen atoms in total. The zero-order chi connectivity index (χ0) is 11.8. The third-order valence-corrected chi connectivity index (χ3v) is 2.20. The highest BCUT2D eigenvalue weighted by atomic mass is 19.1. The van der Waals surface area contributed by atoms with Gasteiger partial charge in [0.25, 0.3) is 0 Å². The molecule has 0 bridgehead atoms. The third kappa shape index (κ3) is 4.65. The summed E-state index contributed by atoms with van der Waals surface area (Å²) in [5.41, 5.74) is 0.777. The smallest absolute Gasteiger partial charge is 0.141 e. The second-order valence-electron chi connectivity index (χ2n) is 3.56. The minimum atomic E-state index is -0.343. The van der Waals surface area contributed by atoms with Crippen LogP contribution in [0.5, 0.6) is 0 Å². The van der Waals surface area contributed by atoms with Crippen molar-refractivity contribution >= 4 is 0 Å². The maximum Gasteiger partial charge on any atom is 0.141 e. The Morgan fingerprint density at radius 2 is 2.38 bits per heavy atom. The third-order valence-electron chi connectivity index (χ3n) is 2.20. The van der Waals surface area contributed by atoms with Gasteiger partial charge in [-0.2, -0.15) is 0 Å². The van der Waals surface area contributed by atoms with Crippen molar-refractivity contribution in [3.8, 4) is 0 Å². The molecule has 0 saturated carbocycles. The van der Waals surface area contributed by atoms with Crippen molar-refractivity contribution < 1.29 is 14.2 Å². The lowest BCUT2D eigenvalue weighted by molar-refractivity contribution is 0.148. The summed E-state index contributed by atoms with van der Waals surface area (Å²) in [5, 5.41) is 12.0. The van der Waals surface area contributed by atoms with Gasteiger partial charge in [-0.3, -0.25) is 4.98 Å². The summed E-state index contributed by atoms with van der Waals surface area (Å²) in [4.78, 5) is 3.76. The van der Waals surface area contributed by atoms with E-state index in [1.165, 1.54) is 12.3 Å². The molecule has 2 N–H and O–H groups in total. The lowest BCUT2D eigenvalue weighted by Crippen LogP contribution is -2.33. The van der Waals surface area contributed by atoms with Crippen LogP contribution in [0.2, 0.25) is 0 Å². The number of rotatable bonds is 7. The van der Waals surface area contributed by atoms with Gasteiger partial charge in [0.1, 0.15) is 5.82 Å². The van der Waals surface area contributed by atoms with E-state index in [0.717, 1.165) is 5.56 Å². The molecule has 90 valence electrons. The standard InChI is InChI=1S/C11H17FN2O2/c1-16-8-11(2-3-15)14-6-9-4-10(12)7-13-5-9/h4-5,7,11,14-15H,2-3,6,8H2,1H3. The predicted molar refractivity (Wildman–Crippen MR) is 58.4 cm³/mol. The molecule has 0 amide bonds. The van der Waals surface area contributed by atoms with Crippen LogP contribution in [0, 0.1) is 5.82 Å². The van der Waals surface area contributed by atoms with Crippen molar-refractivity contribution in [1.82, 2.24) is 10.3 Å². The van der Waals surface area contributed by atoms with E-state index < -0.39 is 0 Å². The minimum absolute atomic E-state index is 0.0678. The highest BCUT2D eigenvalue weighted by Gasteiger charge is 2.07. The van der Waals surface area contributed by atoms with Crippen molar-refractivity contribution in [2.24, 2.45) is 0 Å². The lowest BCUT2D eigenvalue weighted by Gasteiger charge is -2.16. The molecule has 0 aliphatic rings. The van der Waals surface area contributed by atoms with Gasteiger partial charge in [0.15, 0.2) is 0 Å². The average molecular weight is 228 g/mol. The van der Waals surface area contributed by atoms with Crippen LogP contribution >= 0.6 is 0 Å². The Hall–Kier alpha value is -1.04. The molecule has 0 aliphatic heterocycles. The molecule has 1 heterocycles. The SMILES string of the molecule is COCC(CCO)NCc1cncc(F)c1. The lowest BCUT2D eigenvalue weighted by atomic mass is 10.2. The number of nitrogens with zero attached hydrogens (tertiary/aromatic N) is 1. The fourth-order valence-corrected chi connectivity index (χ4v) is 1.42. The van der Waals surface area contributed by atoms with Gasteiger partial charge in [-0.05, 0) is 18.1 Å². The summed E-state index contributed by atoms with van der Waals surface area (Å²) in [5.74, 6) is -0.343. The molecule has 0 aliphatic carbocycles. The number of aromatic nitrogens is 1. The fourth-order valence-electron chi connectivity index (χ4n) is 1.42. The number of pyridine rings is 1. The van der Waals surface area contributed by atoms with E-state index in [0.29, 0.717) is 19.6 Å². The molecule has 1 atom stereocenters. The molecule has 0 aromatic carbocycles. The first-order valence-corrected chi connectivity index (χ1v) is 5.19. The van der Waals surface area contributed by atoms with Crippen molar-refractivity contribution in [2.75, 3.05) is 20.3 Å². The van der Waals surface area contributed by atoms with Gasteiger partial charge in [-0.25, -0.2) is 4.39 Å². The summed E-state index contributed by atoms with van der Waals surface area (Å²) in [7, 11) is 1.61. The van der Waals surface area contributed by atoms with Crippen LogP contribution in [-0.2, 0) is 11.3 Å². The number of aliphatic hydroxyl groups is 1. The molecule has 0 saturated heterocycles. The summed E-state index contributed by atoms with van der Waals surface area (Å²) in [6.45, 7) is 1.13. The number of methoxy groups -OCH3 is 1. The number of aliphatic hydroxyl groups excluding tert-OH is 1. The van der Waals surface area contributed by atoms with Crippen LogP contribution < -0.4 is 5.32 Å². The Morgan fingerprint density at radius 1 is 1.56 bits per heavy atom. The Bertz CT molecular complexity index is 304. The van der Waals surface area contributed by atoms with Crippen molar-refractivity contribution in [3.05, 3.63) is 29.8 Å². The van der Waals surface area contributed by atoms with Crippen LogP contribution in [0.3, 0.4) is 0 Å². The quantitative estimate of drug-likeness (QED) is 0.721. The summed E-state index contributed by atoms with van der Waals surface area (Å²) >= 11 is 0. The van der Waals surface area contributed by atoms with Gasteiger partial charge in [0.05, 0.1) is 12.8 Å². The average Bonchev–Trinajstić information content (AvgIpc) is 2.27. The first-order chi connectivity index (χ1) is 7.76. The van der Waals surface area contributed by atoms with Crippen LogP contribution in [-0.4, -0.2) is 36.5 Å². The highest BCUT2D eigenvalue weighted by Crippen LogP contribution is 2.01. The minimum Gasteiger partial charge on any atom is -0.396 e. The largest absolute Gasteiger partial charge is 0.396 e. The van der Waals surface area contributed by atoms with Crippen LogP contribution in [0.1, 0.15) is 12.0 Å². The summed E-state index contributed by atoms with van der Waals surface area (Å²) in [6, 6.07) is 1.50. The Balaban J connectivity index is 2.41. The van der Waals surface area contributed by atoms with Crippen LogP contribution in [0.15, 0.2) is 18.5 Å². The normalized spacial score (nSPS) is 12.7. The molecule has 1 rings (SSSR count). The van der Waals surface area contributed by atoms with Crippen molar-refractivity contribution in [2.45, 2.75) is 19.0 Å². The van der Waals surface area contributed by atoms with Crippen molar-refractivity contribution in [1.29, 1.82) is 0 Å². The van der Waals surface area contributed by atoms with Gasteiger partial charge in [-0.15, -0.1) is 0 Å². The van der Waals surface area contributed by atoms with Gasteiger partial charge >= 0.3 is 0 Å². The number of halogens is 1. The fraction of sp³-hybridized carbons (Fsp3) is 0.545. The second-order valence-corrected chi connectivity index (χ2v) is 3.56. The van der Waals surface area contributed by atoms with Gasteiger partial charge in [-0.1, -0.05) is 0 Å². The molecule has 16 heavy (non-hydrogen) atoms. The van der Waals surface area contributed by atoms with E-state index in [4.69, 9.17) is 9.84 Å². The summed E-state index contributed by atoms with van der Waals surface area (Å²) < 4.78 is 17.8. The zero-order valence-electron chi connectivity index (χ0n) is 9.32. The molecule has 1 aromatic heterocycles. The molecule has 0 spiro atoms. The first-order valence-electron chi connectivity index (χ1n) is 5.19. The van der Waals surface area contributed by atoms with E-state index in [2.05, 4.69) is 10.3 Å². The second kappa shape index (κ2) is 7.27. The number of ether oxygens (including phenoxy) is 1. The molecule has 0 radical (unpaired) electrons. The van der Waals surface area contributed by atoms with Gasteiger partial charge in [0, 0.05) is 32.5 Å². The van der Waals surface area contributed by atoms with Crippen LogP contribution in [0.25, 0.3) is 0 Å². The zero-order valence-corrected chi connectivity index (χ0v) is 9.32. The number of hydrogen-bond donors (Lipinski definition) is 2. The first kappa shape index (κ1) is 13.0. The van der Waals surface area contributed by atoms with E-state index >= 15 is 0 Å². The van der Waals surface area contributed by atoms with Crippen molar-refractivity contribution in [3.63, 3.8) is 0 Å². The number of nitrogens with one attached hydrogen (secondary N) is 1. The molecule has 1 aromatic rings. The molecular weight excluding hydrogens is 211 g/mol. The highest BCUT2D eigenvalue weighted by molar-refractivity contribution is 5.09. The van der Waals surface area contributed by atoms with Gasteiger partial charge in [0.2, 0.25) is 0 Å². The molecular formula is C11H17FN2O2. The maximum atomic E-state index is 12.8. The van der Waals surface area contributed by atoms with E-state index in [1.54, 1.807) is 13.3 Å². The Kier molecular flexibility index (Phi) is 5.92. The number of hydrogen-bond acceptors (Lipinski definition) is 4. The Morgan fingerprint density at radius 3 is 3.00 bits per heavy atom. The molecule has 1 unspecified atom stereocenters. The van der Waals surface area contributed by atoms with E-state index in [-0.39, 0.29) is 18.5 Å². The van der Waals surface area contributed by atoms with Crippen LogP contribution in [0.4, 0.5) is 4.39 Å². The monoisotopic (exact) mass is 228 g/mol. The molecule has 0 fully saturated rings.